The molecule has 4 aromatic heterocycles. The molecule has 16 heteroatoms. The summed E-state index contributed by atoms with van der Waals surface area (Å²) in [6.07, 6.45) is 0. The second-order valence-electron chi connectivity index (χ2n) is 7.45. The predicted molar refractivity (Wildman–Crippen MR) is 116 cm³/mol. The van der Waals surface area contributed by atoms with Crippen LogP contribution in [0.5, 0.6) is 0 Å². The van der Waals surface area contributed by atoms with Crippen molar-refractivity contribution in [1.29, 1.82) is 0 Å². The lowest BCUT2D eigenvalue weighted by atomic mass is 10.2. The molecule has 176 valence electrons. The maximum Gasteiger partial charge on any atom is 0.250 e. The quantitative estimate of drug-likeness (QED) is 0.411. The SMILES string of the molecule is CC(C)c1nnno1.CC(C)c1nnns1.CC(C)c1nnon1.CC(C)c1nnsn1. The second-order valence-corrected chi connectivity index (χ2v) is 8.72. The molecular formula is C16H28N12O2S2. The van der Waals surface area contributed by atoms with Crippen molar-refractivity contribution in [1.82, 2.24) is 59.9 Å². The topological polar surface area (TPSA) is 181 Å². The Morgan fingerprint density at radius 1 is 0.656 bits per heavy atom. The number of hydrogen-bond acceptors (Lipinski definition) is 16. The summed E-state index contributed by atoms with van der Waals surface area (Å²) in [7, 11) is 0. The summed E-state index contributed by atoms with van der Waals surface area (Å²) in [5, 5.41) is 32.4. The molecule has 0 N–H and O–H groups in total. The largest absolute Gasteiger partial charge is 0.320 e. The normalized spacial score (nSPS) is 10.4. The Bertz CT molecular complexity index is 742. The minimum Gasteiger partial charge on any atom is -0.320 e. The van der Waals surface area contributed by atoms with Crippen LogP contribution in [0, 0.1) is 0 Å². The highest BCUT2D eigenvalue weighted by molar-refractivity contribution is 7.05. The van der Waals surface area contributed by atoms with Crippen LogP contribution in [0.3, 0.4) is 0 Å². The van der Waals surface area contributed by atoms with Gasteiger partial charge in [0.15, 0.2) is 11.6 Å². The summed E-state index contributed by atoms with van der Waals surface area (Å²) in [4.78, 5) is 0. The van der Waals surface area contributed by atoms with E-state index in [9.17, 15) is 0 Å². The van der Waals surface area contributed by atoms with E-state index in [2.05, 4.69) is 82.9 Å². The highest BCUT2D eigenvalue weighted by atomic mass is 32.1. The average molecular weight is 485 g/mol. The zero-order chi connectivity index (χ0) is 23.9. The van der Waals surface area contributed by atoms with Gasteiger partial charge in [-0.2, -0.15) is 4.37 Å². The van der Waals surface area contributed by atoms with Crippen molar-refractivity contribution in [3.05, 3.63) is 22.5 Å². The van der Waals surface area contributed by atoms with E-state index in [-0.39, 0.29) is 5.92 Å². The summed E-state index contributed by atoms with van der Waals surface area (Å²) < 4.78 is 20.1. The maximum atomic E-state index is 4.62. The van der Waals surface area contributed by atoms with Gasteiger partial charge in [-0.1, -0.05) is 74.6 Å². The minimum atomic E-state index is 0.282. The molecule has 0 aliphatic heterocycles. The molecule has 0 atom stereocenters. The Morgan fingerprint density at radius 2 is 1.38 bits per heavy atom. The molecule has 0 aromatic carbocycles. The van der Waals surface area contributed by atoms with E-state index in [0.717, 1.165) is 22.6 Å². The molecule has 4 heterocycles. The third-order valence-electron chi connectivity index (χ3n) is 3.28. The lowest BCUT2D eigenvalue weighted by Gasteiger charge is -1.90. The monoisotopic (exact) mass is 484 g/mol. The van der Waals surface area contributed by atoms with Crippen molar-refractivity contribution >= 4 is 23.3 Å². The van der Waals surface area contributed by atoms with E-state index in [1.165, 1.54) is 11.5 Å². The Hall–Kier alpha value is -2.88. The maximum absolute atomic E-state index is 4.62. The minimum absolute atomic E-state index is 0.282. The predicted octanol–water partition coefficient (Wildman–Crippen LogP) is 3.29. The summed E-state index contributed by atoms with van der Waals surface area (Å²) >= 11 is 2.52. The van der Waals surface area contributed by atoms with Gasteiger partial charge >= 0.3 is 0 Å². The first-order chi connectivity index (χ1) is 15.2. The van der Waals surface area contributed by atoms with Gasteiger partial charge in [0.25, 0.3) is 5.89 Å². The number of hydrogen-bond donors (Lipinski definition) is 0. The smallest absolute Gasteiger partial charge is 0.250 e. The highest BCUT2D eigenvalue weighted by Gasteiger charge is 2.04. The summed E-state index contributed by atoms with van der Waals surface area (Å²) in [5.41, 5.74) is 0. The van der Waals surface area contributed by atoms with Gasteiger partial charge in [0.1, 0.15) is 5.01 Å². The average Bonchev–Trinajstić information content (AvgIpc) is 3.56. The molecule has 4 aromatic rings. The standard InChI is InChI=1S/2C4H7N3O.2C4H7N3S/c1-3(2)4-5-6-7-8-4;1-3(2)4-5-7-8-6-4;1-3(2)4-5-6-7-8-4;1-3(2)4-5-7-8-6-4/h4*3H,1-2H3. The number of rotatable bonds is 4. The summed E-state index contributed by atoms with van der Waals surface area (Å²) in [6.45, 7) is 16.1. The van der Waals surface area contributed by atoms with Crippen LogP contribution < -0.4 is 0 Å². The van der Waals surface area contributed by atoms with Gasteiger partial charge in [-0.05, 0) is 15.6 Å². The molecule has 0 aliphatic rings. The first-order valence-electron chi connectivity index (χ1n) is 9.82. The molecule has 32 heavy (non-hydrogen) atoms. The lowest BCUT2D eigenvalue weighted by Crippen LogP contribution is -1.88. The molecule has 0 saturated carbocycles. The van der Waals surface area contributed by atoms with Crippen LogP contribution in [0.4, 0.5) is 0 Å². The third-order valence-corrected chi connectivity index (χ3v) is 4.60. The highest BCUT2D eigenvalue weighted by Crippen LogP contribution is 2.11. The number of nitrogens with zero attached hydrogens (tertiary/aromatic N) is 12. The Labute approximate surface area is 194 Å². The van der Waals surface area contributed by atoms with Gasteiger partial charge in [-0.3, -0.25) is 0 Å². The Balaban J connectivity index is 0.000000213. The van der Waals surface area contributed by atoms with Crippen LogP contribution >= 0.6 is 23.3 Å². The van der Waals surface area contributed by atoms with E-state index in [0.29, 0.717) is 29.5 Å². The van der Waals surface area contributed by atoms with Crippen LogP contribution in [0.15, 0.2) is 9.15 Å². The molecule has 0 fully saturated rings. The van der Waals surface area contributed by atoms with Crippen molar-refractivity contribution in [2.24, 2.45) is 0 Å². The fourth-order valence-corrected chi connectivity index (χ4v) is 2.37. The van der Waals surface area contributed by atoms with Crippen molar-refractivity contribution in [3.63, 3.8) is 0 Å². The Kier molecular flexibility index (Phi) is 12.7. The van der Waals surface area contributed by atoms with Crippen LogP contribution in [0.1, 0.15) is 102 Å². The van der Waals surface area contributed by atoms with E-state index in [4.69, 9.17) is 0 Å². The molecule has 0 unspecified atom stereocenters. The van der Waals surface area contributed by atoms with Crippen molar-refractivity contribution < 1.29 is 9.15 Å². The van der Waals surface area contributed by atoms with E-state index in [1.54, 1.807) is 0 Å². The van der Waals surface area contributed by atoms with E-state index >= 15 is 0 Å². The van der Waals surface area contributed by atoms with Crippen molar-refractivity contribution in [2.45, 2.75) is 79.1 Å². The zero-order valence-corrected chi connectivity index (χ0v) is 20.9. The van der Waals surface area contributed by atoms with Gasteiger partial charge in [0, 0.05) is 35.2 Å². The second kappa shape index (κ2) is 15.0. The molecule has 0 aliphatic carbocycles. The fourth-order valence-electron chi connectivity index (χ4n) is 1.44. The van der Waals surface area contributed by atoms with E-state index < -0.39 is 0 Å². The third kappa shape index (κ3) is 10.9. The van der Waals surface area contributed by atoms with E-state index in [1.807, 2.05) is 41.5 Å². The lowest BCUT2D eigenvalue weighted by molar-refractivity contribution is 0.290. The first-order valence-corrected chi connectivity index (χ1v) is 11.3. The molecule has 14 nitrogen and oxygen atoms in total. The van der Waals surface area contributed by atoms with Gasteiger partial charge in [-0.25, -0.2) is 4.63 Å². The van der Waals surface area contributed by atoms with Crippen LogP contribution in [-0.2, 0) is 0 Å². The Morgan fingerprint density at radius 3 is 1.62 bits per heavy atom. The molecular weight excluding hydrogens is 456 g/mol. The fraction of sp³-hybridized carbons (Fsp3) is 0.750. The summed E-state index contributed by atoms with van der Waals surface area (Å²) in [5.74, 6) is 3.56. The van der Waals surface area contributed by atoms with Crippen LogP contribution in [0.25, 0.3) is 0 Å². The molecule has 4 rings (SSSR count). The first kappa shape index (κ1) is 27.2. The van der Waals surface area contributed by atoms with Gasteiger partial charge in [-0.15, -0.1) is 10.2 Å². The van der Waals surface area contributed by atoms with Crippen LogP contribution in [0.2, 0.25) is 0 Å². The van der Waals surface area contributed by atoms with Crippen molar-refractivity contribution in [3.8, 4) is 0 Å². The zero-order valence-electron chi connectivity index (χ0n) is 19.3. The van der Waals surface area contributed by atoms with Crippen molar-refractivity contribution in [2.75, 3.05) is 0 Å². The van der Waals surface area contributed by atoms with Gasteiger partial charge in [0.05, 0.1) is 22.3 Å². The molecule has 0 saturated heterocycles. The van der Waals surface area contributed by atoms with Crippen LogP contribution in [-0.4, -0.2) is 59.9 Å². The summed E-state index contributed by atoms with van der Waals surface area (Å²) in [6, 6.07) is 0. The van der Waals surface area contributed by atoms with Gasteiger partial charge in [0.2, 0.25) is 0 Å². The van der Waals surface area contributed by atoms with Gasteiger partial charge < -0.3 is 4.52 Å². The molecule has 0 amide bonds. The molecule has 0 bridgehead atoms. The molecule has 0 spiro atoms. The number of aromatic nitrogens is 12. The molecule has 0 radical (unpaired) electrons.